The number of rotatable bonds is 7. The number of amides is 2. The fourth-order valence-corrected chi connectivity index (χ4v) is 3.14. The monoisotopic (exact) mass is 398 g/mol. The first-order valence-electron chi connectivity index (χ1n) is 8.85. The molecule has 7 heteroatoms. The van der Waals surface area contributed by atoms with Crippen molar-refractivity contribution in [2.75, 3.05) is 18.6 Å². The number of esters is 1. The molecule has 0 bridgehead atoms. The molecule has 2 amide bonds. The van der Waals surface area contributed by atoms with Crippen LogP contribution in [0.25, 0.3) is 0 Å². The number of carbonyl (C=O) groups excluding carboxylic acids is 2. The SMILES string of the molecule is CSCCOC(=O)C1=C(C)NC(=O)NC1c1cccc(Oc2ccccc2)c1. The number of nitrogens with one attached hydrogen (secondary N) is 2. The van der Waals surface area contributed by atoms with Crippen LogP contribution in [-0.2, 0) is 9.53 Å². The highest BCUT2D eigenvalue weighted by Gasteiger charge is 2.32. The van der Waals surface area contributed by atoms with Crippen molar-refractivity contribution in [3.05, 3.63) is 71.4 Å². The maximum atomic E-state index is 12.6. The summed E-state index contributed by atoms with van der Waals surface area (Å²) < 4.78 is 11.2. The lowest BCUT2D eigenvalue weighted by Gasteiger charge is -2.28. The zero-order valence-corrected chi connectivity index (χ0v) is 16.5. The van der Waals surface area contributed by atoms with Gasteiger partial charge in [0.15, 0.2) is 0 Å². The van der Waals surface area contributed by atoms with Gasteiger partial charge in [0.1, 0.15) is 18.1 Å². The van der Waals surface area contributed by atoms with E-state index in [4.69, 9.17) is 9.47 Å². The predicted octanol–water partition coefficient (Wildman–Crippen LogP) is 4.01. The lowest BCUT2D eigenvalue weighted by molar-refractivity contribution is -0.138. The quantitative estimate of drug-likeness (QED) is 0.544. The molecule has 0 fully saturated rings. The Labute approximate surface area is 168 Å². The van der Waals surface area contributed by atoms with Crippen LogP contribution in [-0.4, -0.2) is 30.6 Å². The Morgan fingerprint density at radius 2 is 1.86 bits per heavy atom. The van der Waals surface area contributed by atoms with Gasteiger partial charge in [0.25, 0.3) is 0 Å². The summed E-state index contributed by atoms with van der Waals surface area (Å²) in [4.78, 5) is 24.7. The van der Waals surface area contributed by atoms with Gasteiger partial charge in [-0.2, -0.15) is 11.8 Å². The summed E-state index contributed by atoms with van der Waals surface area (Å²) in [6.45, 7) is 2.01. The van der Waals surface area contributed by atoms with E-state index in [0.29, 0.717) is 35.1 Å². The molecule has 0 radical (unpaired) electrons. The third-order valence-corrected chi connectivity index (χ3v) is 4.75. The first kappa shape index (κ1) is 19.8. The smallest absolute Gasteiger partial charge is 0.338 e. The normalized spacial score (nSPS) is 16.2. The van der Waals surface area contributed by atoms with E-state index in [-0.39, 0.29) is 6.03 Å². The van der Waals surface area contributed by atoms with Gasteiger partial charge in [-0.05, 0) is 43.0 Å². The molecule has 1 aliphatic heterocycles. The van der Waals surface area contributed by atoms with Crippen LogP contribution in [0.4, 0.5) is 4.79 Å². The first-order valence-corrected chi connectivity index (χ1v) is 10.2. The molecule has 6 nitrogen and oxygen atoms in total. The summed E-state index contributed by atoms with van der Waals surface area (Å²) in [5.41, 5.74) is 1.61. The summed E-state index contributed by atoms with van der Waals surface area (Å²) in [6, 6.07) is 15.7. The molecule has 0 saturated heterocycles. The molecule has 0 spiro atoms. The van der Waals surface area contributed by atoms with Gasteiger partial charge in [-0.3, -0.25) is 0 Å². The molecular weight excluding hydrogens is 376 g/mol. The lowest BCUT2D eigenvalue weighted by Crippen LogP contribution is -2.45. The largest absolute Gasteiger partial charge is 0.461 e. The van der Waals surface area contributed by atoms with Crippen molar-refractivity contribution < 1.29 is 19.1 Å². The van der Waals surface area contributed by atoms with E-state index < -0.39 is 12.0 Å². The molecule has 3 rings (SSSR count). The number of thioether (sulfide) groups is 1. The van der Waals surface area contributed by atoms with Gasteiger partial charge in [0.2, 0.25) is 0 Å². The van der Waals surface area contributed by atoms with Crippen molar-refractivity contribution in [3.8, 4) is 11.5 Å². The Balaban J connectivity index is 1.87. The maximum Gasteiger partial charge on any atom is 0.338 e. The summed E-state index contributed by atoms with van der Waals surface area (Å²) in [5.74, 6) is 1.59. The fourth-order valence-electron chi connectivity index (χ4n) is 2.89. The Hall–Kier alpha value is -2.93. The van der Waals surface area contributed by atoms with Crippen LogP contribution in [0.15, 0.2) is 65.9 Å². The van der Waals surface area contributed by atoms with Crippen molar-refractivity contribution in [1.29, 1.82) is 0 Å². The van der Waals surface area contributed by atoms with E-state index >= 15 is 0 Å². The zero-order valence-electron chi connectivity index (χ0n) is 15.7. The number of urea groups is 1. The van der Waals surface area contributed by atoms with E-state index in [1.165, 1.54) is 0 Å². The standard InChI is InChI=1S/C21H22N2O4S/c1-14-18(20(24)26-11-12-28-2)19(23-21(25)22-14)15-7-6-10-17(13-15)27-16-8-4-3-5-9-16/h3-10,13,19H,11-12H2,1-2H3,(H2,22,23,25). The molecule has 1 aliphatic rings. The number of para-hydroxylation sites is 1. The number of carbonyl (C=O) groups is 2. The van der Waals surface area contributed by atoms with Crippen LogP contribution >= 0.6 is 11.8 Å². The van der Waals surface area contributed by atoms with Gasteiger partial charge >= 0.3 is 12.0 Å². The molecule has 1 atom stereocenters. The molecule has 28 heavy (non-hydrogen) atoms. The second-order valence-electron chi connectivity index (χ2n) is 6.19. The lowest BCUT2D eigenvalue weighted by atomic mass is 9.95. The average Bonchev–Trinajstić information content (AvgIpc) is 2.68. The third kappa shape index (κ3) is 4.86. The molecule has 0 aliphatic carbocycles. The Morgan fingerprint density at radius 3 is 2.61 bits per heavy atom. The highest BCUT2D eigenvalue weighted by Crippen LogP contribution is 2.31. The van der Waals surface area contributed by atoms with E-state index in [1.54, 1.807) is 18.7 Å². The second kappa shape index (κ2) is 9.32. The highest BCUT2D eigenvalue weighted by atomic mass is 32.2. The molecule has 146 valence electrons. The van der Waals surface area contributed by atoms with E-state index in [1.807, 2.05) is 60.9 Å². The molecule has 2 N–H and O–H groups in total. The predicted molar refractivity (Wildman–Crippen MR) is 109 cm³/mol. The van der Waals surface area contributed by atoms with Gasteiger partial charge in [-0.15, -0.1) is 0 Å². The minimum absolute atomic E-state index is 0.314. The van der Waals surface area contributed by atoms with Crippen LogP contribution in [0, 0.1) is 0 Å². The summed E-state index contributed by atoms with van der Waals surface area (Å²) >= 11 is 1.60. The number of ether oxygens (including phenoxy) is 2. The van der Waals surface area contributed by atoms with Gasteiger partial charge in [-0.1, -0.05) is 30.3 Å². The molecule has 2 aromatic carbocycles. The molecule has 1 heterocycles. The van der Waals surface area contributed by atoms with Crippen LogP contribution in [0.3, 0.4) is 0 Å². The number of hydrogen-bond donors (Lipinski definition) is 2. The number of benzene rings is 2. The third-order valence-electron chi connectivity index (χ3n) is 4.18. The Bertz CT molecular complexity index is 883. The fraction of sp³-hybridized carbons (Fsp3) is 0.238. The minimum Gasteiger partial charge on any atom is -0.461 e. The van der Waals surface area contributed by atoms with Crippen molar-refractivity contribution >= 4 is 23.8 Å². The van der Waals surface area contributed by atoms with Crippen LogP contribution in [0.2, 0.25) is 0 Å². The van der Waals surface area contributed by atoms with E-state index in [9.17, 15) is 9.59 Å². The average molecular weight is 398 g/mol. The van der Waals surface area contributed by atoms with Crippen LogP contribution < -0.4 is 15.4 Å². The second-order valence-corrected chi connectivity index (χ2v) is 7.17. The van der Waals surface area contributed by atoms with Crippen LogP contribution in [0.1, 0.15) is 18.5 Å². The summed E-state index contributed by atoms with van der Waals surface area (Å²) in [5, 5.41) is 5.45. The topological polar surface area (TPSA) is 76.7 Å². The van der Waals surface area contributed by atoms with Gasteiger partial charge in [-0.25, -0.2) is 9.59 Å². The van der Waals surface area contributed by atoms with Crippen molar-refractivity contribution in [1.82, 2.24) is 10.6 Å². The maximum absolute atomic E-state index is 12.6. The zero-order chi connectivity index (χ0) is 19.9. The Kier molecular flexibility index (Phi) is 6.60. The molecule has 0 saturated carbocycles. The highest BCUT2D eigenvalue weighted by molar-refractivity contribution is 7.98. The summed E-state index contributed by atoms with van der Waals surface area (Å²) in [7, 11) is 0. The summed E-state index contributed by atoms with van der Waals surface area (Å²) in [6.07, 6.45) is 1.95. The van der Waals surface area contributed by atoms with Crippen molar-refractivity contribution in [2.24, 2.45) is 0 Å². The van der Waals surface area contributed by atoms with Gasteiger partial charge in [0.05, 0.1) is 11.6 Å². The van der Waals surface area contributed by atoms with Gasteiger partial charge < -0.3 is 20.1 Å². The molecule has 2 aromatic rings. The molecule has 1 unspecified atom stereocenters. The van der Waals surface area contributed by atoms with Crippen molar-refractivity contribution in [2.45, 2.75) is 13.0 Å². The Morgan fingerprint density at radius 1 is 1.11 bits per heavy atom. The van der Waals surface area contributed by atoms with E-state index in [2.05, 4.69) is 10.6 Å². The molecule has 0 aromatic heterocycles. The molecular formula is C21H22N2O4S. The number of allylic oxidation sites excluding steroid dienone is 1. The minimum atomic E-state index is -0.616. The van der Waals surface area contributed by atoms with Crippen LogP contribution in [0.5, 0.6) is 11.5 Å². The van der Waals surface area contributed by atoms with Crippen molar-refractivity contribution in [3.63, 3.8) is 0 Å². The first-order chi connectivity index (χ1) is 13.6. The van der Waals surface area contributed by atoms with Gasteiger partial charge in [0, 0.05) is 11.4 Å². The number of hydrogen-bond acceptors (Lipinski definition) is 5. The van der Waals surface area contributed by atoms with E-state index in [0.717, 1.165) is 5.56 Å².